The van der Waals surface area contributed by atoms with Gasteiger partial charge in [-0.05, 0) is 71.5 Å². The molecule has 196 valence electrons. The predicted molar refractivity (Wildman–Crippen MR) is 171 cm³/mol. The number of rotatable bonds is 4. The number of hydrogen-bond donors (Lipinski definition) is 0. The van der Waals surface area contributed by atoms with Gasteiger partial charge in [-0.3, -0.25) is 0 Å². The lowest BCUT2D eigenvalue weighted by Crippen LogP contribution is -2.39. The van der Waals surface area contributed by atoms with E-state index in [-0.39, 0.29) is 11.8 Å². The Labute approximate surface area is 244 Å². The van der Waals surface area contributed by atoms with Crippen molar-refractivity contribution in [3.8, 4) is 0 Å². The van der Waals surface area contributed by atoms with Crippen LogP contribution in [0.3, 0.4) is 0 Å². The molecule has 0 bridgehead atoms. The molecule has 2 aromatic carbocycles. The van der Waals surface area contributed by atoms with Crippen LogP contribution in [-0.2, 0) is 0 Å². The molecule has 4 unspecified atom stereocenters. The molecule has 0 spiro atoms. The van der Waals surface area contributed by atoms with E-state index in [0.29, 0.717) is 11.1 Å². The summed E-state index contributed by atoms with van der Waals surface area (Å²) in [6.45, 7) is 9.93. The van der Waals surface area contributed by atoms with Crippen molar-refractivity contribution in [3.63, 3.8) is 0 Å². The monoisotopic (exact) mass is 564 g/mol. The Morgan fingerprint density at radius 1 is 0.538 bits per heavy atom. The van der Waals surface area contributed by atoms with Gasteiger partial charge in [0.25, 0.3) is 0 Å². The minimum atomic E-state index is -1.96. The molecule has 4 aliphatic rings. The second-order valence-electron chi connectivity index (χ2n) is 11.8. The fraction of sp³-hybridized carbons (Fsp3) is 0.222. The van der Waals surface area contributed by atoms with E-state index in [2.05, 4.69) is 112 Å². The van der Waals surface area contributed by atoms with Crippen LogP contribution < -0.4 is 0 Å². The largest absolute Gasteiger partial charge is 0.0843 e. The van der Waals surface area contributed by atoms with Gasteiger partial charge in [0.1, 0.15) is 0 Å². The van der Waals surface area contributed by atoms with Gasteiger partial charge in [0.15, 0.2) is 0 Å². The number of hydrogen-bond acceptors (Lipinski definition) is 0. The van der Waals surface area contributed by atoms with Gasteiger partial charge in [-0.2, -0.15) is 0 Å². The Kier molecular flexibility index (Phi) is 6.96. The molecule has 3 heteroatoms. The average Bonchev–Trinajstić information content (AvgIpc) is 3.24. The number of benzene rings is 2. The van der Waals surface area contributed by atoms with E-state index in [9.17, 15) is 0 Å². The van der Waals surface area contributed by atoms with Crippen LogP contribution in [0.25, 0.3) is 0 Å². The number of halogens is 2. The second kappa shape index (κ2) is 10.3. The molecule has 0 N–H and O–H groups in total. The maximum atomic E-state index is 6.24. The zero-order valence-corrected chi connectivity index (χ0v) is 25.5. The van der Waals surface area contributed by atoms with E-state index in [1.54, 1.807) is 0 Å². The number of allylic oxidation sites excluding steroid dienone is 16. The first kappa shape index (κ1) is 26.4. The third-order valence-corrected chi connectivity index (χ3v) is 14.0. The minimum absolute atomic E-state index is 0.239. The molecule has 6 rings (SSSR count). The van der Waals surface area contributed by atoms with Gasteiger partial charge in [0.05, 0.1) is 8.07 Å². The summed E-state index contributed by atoms with van der Waals surface area (Å²) in [5.74, 6) is 0.478. The zero-order valence-electron chi connectivity index (χ0n) is 23.0. The van der Waals surface area contributed by atoms with Crippen LogP contribution in [0.4, 0.5) is 0 Å². The van der Waals surface area contributed by atoms with Gasteiger partial charge in [-0.25, -0.2) is 0 Å². The van der Waals surface area contributed by atoms with Crippen molar-refractivity contribution >= 4 is 31.3 Å². The molecule has 2 aromatic rings. The Bertz CT molecular complexity index is 1440. The summed E-state index contributed by atoms with van der Waals surface area (Å²) in [5, 5.41) is 1.56. The summed E-state index contributed by atoms with van der Waals surface area (Å²) >= 11 is 12.5. The standard InChI is InChI=1S/C36H34Cl2Si/c1-23-21-33-29(25-13-17-27(37)18-14-25)9-5-7-11-31(33)35(23)39(3,4)36-24(2)22-34-30(10-6-8-12-32(34)36)26-15-19-28(38)20-16-26/h5-22,29-30,35-36H,1-4H3. The van der Waals surface area contributed by atoms with E-state index in [1.807, 2.05) is 24.3 Å². The molecule has 0 saturated heterocycles. The van der Waals surface area contributed by atoms with E-state index in [1.165, 1.54) is 44.6 Å². The summed E-state index contributed by atoms with van der Waals surface area (Å²) in [6, 6.07) is 16.7. The lowest BCUT2D eigenvalue weighted by Gasteiger charge is -2.40. The third kappa shape index (κ3) is 4.65. The first-order chi connectivity index (χ1) is 18.8. The molecular weight excluding hydrogens is 531 g/mol. The van der Waals surface area contributed by atoms with Crippen LogP contribution in [0.5, 0.6) is 0 Å². The Hall–Kier alpha value is -2.84. The Balaban J connectivity index is 1.42. The van der Waals surface area contributed by atoms with Crippen LogP contribution >= 0.6 is 23.2 Å². The summed E-state index contributed by atoms with van der Waals surface area (Å²) in [5.41, 5.74) is 12.4. The highest BCUT2D eigenvalue weighted by atomic mass is 35.5. The molecule has 0 fully saturated rings. The molecule has 0 saturated carbocycles. The van der Waals surface area contributed by atoms with E-state index in [4.69, 9.17) is 23.2 Å². The van der Waals surface area contributed by atoms with Crippen LogP contribution in [0, 0.1) is 0 Å². The van der Waals surface area contributed by atoms with Crippen molar-refractivity contribution in [2.75, 3.05) is 0 Å². The highest BCUT2D eigenvalue weighted by molar-refractivity contribution is 6.83. The Morgan fingerprint density at radius 3 is 1.31 bits per heavy atom. The zero-order chi connectivity index (χ0) is 27.3. The van der Waals surface area contributed by atoms with Gasteiger partial charge in [0, 0.05) is 33.0 Å². The molecule has 0 amide bonds. The molecule has 39 heavy (non-hydrogen) atoms. The second-order valence-corrected chi connectivity index (χ2v) is 17.5. The van der Waals surface area contributed by atoms with Crippen molar-refractivity contribution in [1.29, 1.82) is 0 Å². The molecule has 0 radical (unpaired) electrons. The first-order valence-corrected chi connectivity index (χ1v) is 17.7. The van der Waals surface area contributed by atoms with Gasteiger partial charge in [0.2, 0.25) is 0 Å². The van der Waals surface area contributed by atoms with Gasteiger partial charge >= 0.3 is 0 Å². The van der Waals surface area contributed by atoms with Crippen molar-refractivity contribution in [1.82, 2.24) is 0 Å². The maximum Gasteiger partial charge on any atom is 0.0721 e. The van der Waals surface area contributed by atoms with Crippen LogP contribution in [-0.4, -0.2) is 8.07 Å². The molecule has 0 nitrogen and oxygen atoms in total. The van der Waals surface area contributed by atoms with Crippen molar-refractivity contribution in [2.45, 2.75) is 49.9 Å². The van der Waals surface area contributed by atoms with Gasteiger partial charge < -0.3 is 0 Å². The summed E-state index contributed by atoms with van der Waals surface area (Å²) in [7, 11) is -1.96. The topological polar surface area (TPSA) is 0 Å². The van der Waals surface area contributed by atoms with Gasteiger partial charge in [-0.15, -0.1) is 0 Å². The molecule has 0 aliphatic heterocycles. The lowest BCUT2D eigenvalue weighted by molar-refractivity contribution is 0.981. The van der Waals surface area contributed by atoms with E-state index >= 15 is 0 Å². The molecule has 0 heterocycles. The van der Waals surface area contributed by atoms with E-state index < -0.39 is 8.07 Å². The third-order valence-electron chi connectivity index (χ3n) is 8.96. The molecular formula is C36H34Cl2Si. The van der Waals surface area contributed by atoms with Crippen LogP contribution in [0.1, 0.15) is 36.8 Å². The fourth-order valence-corrected chi connectivity index (χ4v) is 12.7. The summed E-state index contributed by atoms with van der Waals surface area (Å²) < 4.78 is 0. The van der Waals surface area contributed by atoms with Crippen molar-refractivity contribution in [2.24, 2.45) is 0 Å². The Morgan fingerprint density at radius 2 is 0.923 bits per heavy atom. The molecule has 4 aliphatic carbocycles. The normalized spacial score (nSPS) is 25.9. The summed E-state index contributed by atoms with van der Waals surface area (Å²) in [4.78, 5) is 0. The molecule has 0 aromatic heterocycles. The van der Waals surface area contributed by atoms with E-state index in [0.717, 1.165) is 10.0 Å². The van der Waals surface area contributed by atoms with Crippen LogP contribution in [0.2, 0.25) is 34.2 Å². The quantitative estimate of drug-likeness (QED) is 0.324. The van der Waals surface area contributed by atoms with Gasteiger partial charge in [-0.1, -0.05) is 132 Å². The van der Waals surface area contributed by atoms with Crippen molar-refractivity contribution in [3.05, 3.63) is 164 Å². The molecule has 4 atom stereocenters. The van der Waals surface area contributed by atoms with Crippen LogP contribution in [0.15, 0.2) is 143 Å². The van der Waals surface area contributed by atoms with Crippen molar-refractivity contribution < 1.29 is 0 Å². The average molecular weight is 566 g/mol. The smallest absolute Gasteiger partial charge is 0.0721 e. The maximum absolute atomic E-state index is 6.24. The fourth-order valence-electron chi connectivity index (χ4n) is 7.51. The summed E-state index contributed by atoms with van der Waals surface area (Å²) in [6.07, 6.45) is 23.3. The SMILES string of the molecule is CC1=CC2=C(C=CC=CC2c2ccc(Cl)cc2)C1[Si](C)(C)C1C(C)=CC2=C1C=CC=CC2c1ccc(Cl)cc1. The first-order valence-electron chi connectivity index (χ1n) is 13.8. The lowest BCUT2D eigenvalue weighted by atomic mass is 9.89. The highest BCUT2D eigenvalue weighted by Crippen LogP contribution is 2.58. The highest BCUT2D eigenvalue weighted by Gasteiger charge is 2.48. The predicted octanol–water partition coefficient (Wildman–Crippen LogP) is 11.1. The minimum Gasteiger partial charge on any atom is -0.0843 e.